The summed E-state index contributed by atoms with van der Waals surface area (Å²) in [7, 11) is 0. The lowest BCUT2D eigenvalue weighted by Crippen LogP contribution is -2.46. The Morgan fingerprint density at radius 1 is 0.846 bits per heavy atom. The first-order valence-electron chi connectivity index (χ1n) is 6.18. The SMILES string of the molecule is C1CCC2(CC1)CCCN2C1CC1. The normalized spacial score (nSPS) is 34.2. The monoisotopic (exact) mass is 179 g/mol. The lowest BCUT2D eigenvalue weighted by molar-refractivity contribution is 0.0854. The molecule has 74 valence electrons. The third-order valence-electron chi connectivity index (χ3n) is 4.42. The minimum atomic E-state index is 0.708. The maximum Gasteiger partial charge on any atom is 0.0213 e. The molecular weight excluding hydrogens is 158 g/mol. The Bertz CT molecular complexity index is 189. The van der Waals surface area contributed by atoms with E-state index in [1.165, 1.54) is 64.3 Å². The summed E-state index contributed by atoms with van der Waals surface area (Å²) in [5, 5.41) is 0. The molecule has 13 heavy (non-hydrogen) atoms. The van der Waals surface area contributed by atoms with Crippen molar-refractivity contribution in [3.05, 3.63) is 0 Å². The van der Waals surface area contributed by atoms with Gasteiger partial charge in [-0.2, -0.15) is 0 Å². The number of likely N-dealkylation sites (tertiary alicyclic amines) is 1. The molecule has 2 saturated carbocycles. The summed E-state index contributed by atoms with van der Waals surface area (Å²) in [5.74, 6) is 0. The zero-order chi connectivity index (χ0) is 8.73. The third kappa shape index (κ3) is 1.32. The van der Waals surface area contributed by atoms with Crippen molar-refractivity contribution in [3.63, 3.8) is 0 Å². The van der Waals surface area contributed by atoms with Gasteiger partial charge in [-0.25, -0.2) is 0 Å². The summed E-state index contributed by atoms with van der Waals surface area (Å²) in [4.78, 5) is 2.90. The molecule has 0 aromatic carbocycles. The predicted molar refractivity (Wildman–Crippen MR) is 54.8 cm³/mol. The fourth-order valence-corrected chi connectivity index (χ4v) is 3.66. The third-order valence-corrected chi connectivity index (χ3v) is 4.42. The lowest BCUT2D eigenvalue weighted by atomic mass is 9.79. The van der Waals surface area contributed by atoms with E-state index in [1.807, 2.05) is 0 Å². The van der Waals surface area contributed by atoms with Gasteiger partial charge in [0.05, 0.1) is 0 Å². The van der Waals surface area contributed by atoms with Gasteiger partial charge in [0.25, 0.3) is 0 Å². The van der Waals surface area contributed by atoms with Crippen LogP contribution in [0.1, 0.15) is 57.8 Å². The molecule has 0 unspecified atom stereocenters. The van der Waals surface area contributed by atoms with Crippen molar-refractivity contribution in [2.45, 2.75) is 69.4 Å². The van der Waals surface area contributed by atoms with E-state index in [0.717, 1.165) is 6.04 Å². The molecule has 0 atom stereocenters. The van der Waals surface area contributed by atoms with Crippen LogP contribution < -0.4 is 0 Å². The first-order chi connectivity index (χ1) is 6.41. The van der Waals surface area contributed by atoms with Gasteiger partial charge >= 0.3 is 0 Å². The molecule has 3 aliphatic rings. The van der Waals surface area contributed by atoms with Gasteiger partial charge in [0.15, 0.2) is 0 Å². The highest BCUT2D eigenvalue weighted by molar-refractivity contribution is 5.03. The molecule has 1 aliphatic heterocycles. The molecule has 1 nitrogen and oxygen atoms in total. The van der Waals surface area contributed by atoms with Crippen LogP contribution in [0.3, 0.4) is 0 Å². The molecule has 1 spiro atoms. The van der Waals surface area contributed by atoms with E-state index < -0.39 is 0 Å². The number of hydrogen-bond acceptors (Lipinski definition) is 1. The Balaban J connectivity index is 1.77. The first kappa shape index (κ1) is 8.28. The molecule has 0 amide bonds. The molecule has 3 rings (SSSR count). The number of hydrogen-bond donors (Lipinski definition) is 0. The van der Waals surface area contributed by atoms with E-state index in [9.17, 15) is 0 Å². The summed E-state index contributed by atoms with van der Waals surface area (Å²) < 4.78 is 0. The van der Waals surface area contributed by atoms with Crippen molar-refractivity contribution >= 4 is 0 Å². The van der Waals surface area contributed by atoms with Gasteiger partial charge in [0, 0.05) is 11.6 Å². The molecule has 3 fully saturated rings. The van der Waals surface area contributed by atoms with Gasteiger partial charge in [-0.1, -0.05) is 19.3 Å². The van der Waals surface area contributed by atoms with Gasteiger partial charge in [-0.15, -0.1) is 0 Å². The van der Waals surface area contributed by atoms with Crippen LogP contribution in [0, 0.1) is 0 Å². The fourth-order valence-electron chi connectivity index (χ4n) is 3.66. The smallest absolute Gasteiger partial charge is 0.0213 e. The first-order valence-corrected chi connectivity index (χ1v) is 6.18. The zero-order valence-electron chi connectivity index (χ0n) is 8.60. The van der Waals surface area contributed by atoms with Crippen LogP contribution in [0.4, 0.5) is 0 Å². The number of nitrogens with zero attached hydrogens (tertiary/aromatic N) is 1. The largest absolute Gasteiger partial charge is 0.295 e. The molecule has 0 bridgehead atoms. The molecule has 0 N–H and O–H groups in total. The second kappa shape index (κ2) is 2.98. The van der Waals surface area contributed by atoms with Crippen molar-refractivity contribution in [1.29, 1.82) is 0 Å². The summed E-state index contributed by atoms with van der Waals surface area (Å²) in [6.07, 6.45) is 13.5. The molecule has 1 saturated heterocycles. The highest BCUT2D eigenvalue weighted by atomic mass is 15.3. The van der Waals surface area contributed by atoms with Crippen molar-refractivity contribution in [3.8, 4) is 0 Å². The molecule has 1 heteroatoms. The van der Waals surface area contributed by atoms with E-state index in [4.69, 9.17) is 0 Å². The van der Waals surface area contributed by atoms with Crippen molar-refractivity contribution in [2.75, 3.05) is 6.54 Å². The summed E-state index contributed by atoms with van der Waals surface area (Å²) >= 11 is 0. The average Bonchev–Trinajstić information content (AvgIpc) is 2.93. The van der Waals surface area contributed by atoms with Crippen LogP contribution >= 0.6 is 0 Å². The van der Waals surface area contributed by atoms with Gasteiger partial charge in [0.1, 0.15) is 0 Å². The van der Waals surface area contributed by atoms with Gasteiger partial charge in [-0.05, 0) is 45.1 Å². The number of rotatable bonds is 1. The minimum Gasteiger partial charge on any atom is -0.295 e. The lowest BCUT2D eigenvalue weighted by Gasteiger charge is -2.42. The van der Waals surface area contributed by atoms with Crippen LogP contribution in [0.5, 0.6) is 0 Å². The van der Waals surface area contributed by atoms with E-state index in [-0.39, 0.29) is 0 Å². The Morgan fingerprint density at radius 2 is 1.54 bits per heavy atom. The van der Waals surface area contributed by atoms with Crippen molar-refractivity contribution in [2.24, 2.45) is 0 Å². The Labute approximate surface area is 81.5 Å². The Hall–Kier alpha value is -0.0400. The van der Waals surface area contributed by atoms with E-state index in [1.54, 1.807) is 0 Å². The fraction of sp³-hybridized carbons (Fsp3) is 1.00. The van der Waals surface area contributed by atoms with E-state index >= 15 is 0 Å². The van der Waals surface area contributed by atoms with Gasteiger partial charge < -0.3 is 0 Å². The summed E-state index contributed by atoms with van der Waals surface area (Å²) in [6.45, 7) is 1.42. The Kier molecular flexibility index (Phi) is 1.90. The topological polar surface area (TPSA) is 3.24 Å². The standard InChI is InChI=1S/C12H21N/c1-2-7-12(8-3-1)9-4-10-13(12)11-5-6-11/h11H,1-10H2. The van der Waals surface area contributed by atoms with Crippen molar-refractivity contribution < 1.29 is 0 Å². The minimum absolute atomic E-state index is 0.708. The summed E-state index contributed by atoms with van der Waals surface area (Å²) in [6, 6.07) is 1.01. The molecule has 1 heterocycles. The van der Waals surface area contributed by atoms with Crippen molar-refractivity contribution in [1.82, 2.24) is 4.90 Å². The second-order valence-electron chi connectivity index (χ2n) is 5.31. The van der Waals surface area contributed by atoms with Crippen LogP contribution in [0.15, 0.2) is 0 Å². The molecule has 0 aromatic heterocycles. The Morgan fingerprint density at radius 3 is 2.23 bits per heavy atom. The molecular formula is C12H21N. The van der Waals surface area contributed by atoms with E-state index in [2.05, 4.69) is 4.90 Å². The molecule has 2 aliphatic carbocycles. The maximum atomic E-state index is 2.90. The highest BCUT2D eigenvalue weighted by Crippen LogP contribution is 2.46. The summed E-state index contributed by atoms with van der Waals surface area (Å²) in [5.41, 5.74) is 0.708. The quantitative estimate of drug-likeness (QED) is 0.598. The molecule has 0 aromatic rings. The van der Waals surface area contributed by atoms with Crippen LogP contribution in [0.2, 0.25) is 0 Å². The predicted octanol–water partition coefficient (Wildman–Crippen LogP) is 2.95. The maximum absolute atomic E-state index is 2.90. The van der Waals surface area contributed by atoms with Gasteiger partial charge in [0.2, 0.25) is 0 Å². The second-order valence-corrected chi connectivity index (χ2v) is 5.31. The zero-order valence-corrected chi connectivity index (χ0v) is 8.60. The van der Waals surface area contributed by atoms with Crippen LogP contribution in [-0.4, -0.2) is 23.0 Å². The van der Waals surface area contributed by atoms with E-state index in [0.29, 0.717) is 5.54 Å². The van der Waals surface area contributed by atoms with Crippen LogP contribution in [0.25, 0.3) is 0 Å². The molecule has 0 radical (unpaired) electrons. The average molecular weight is 179 g/mol. The highest BCUT2D eigenvalue weighted by Gasteiger charge is 2.47. The van der Waals surface area contributed by atoms with Gasteiger partial charge in [-0.3, -0.25) is 4.90 Å². The van der Waals surface area contributed by atoms with Crippen LogP contribution in [-0.2, 0) is 0 Å².